The van der Waals surface area contributed by atoms with Crippen LogP contribution in [0, 0.1) is 0 Å². The number of amides is 1. The van der Waals surface area contributed by atoms with Gasteiger partial charge in [0.05, 0.1) is 16.9 Å². The lowest BCUT2D eigenvalue weighted by atomic mass is 10.1. The zero-order chi connectivity index (χ0) is 14.0. The van der Waals surface area contributed by atoms with Crippen LogP contribution in [-0.2, 0) is 0 Å². The first-order valence-electron chi connectivity index (χ1n) is 5.33. The van der Waals surface area contributed by atoms with E-state index in [9.17, 15) is 9.90 Å². The molecular weight excluding hydrogens is 376 g/mol. The van der Waals surface area contributed by atoms with E-state index in [1.807, 2.05) is 6.07 Å². The van der Waals surface area contributed by atoms with Crippen molar-refractivity contribution < 1.29 is 9.90 Å². The smallest absolute Gasteiger partial charge is 0.259 e. The van der Waals surface area contributed by atoms with Gasteiger partial charge in [0, 0.05) is 8.95 Å². The van der Waals surface area contributed by atoms with Crippen molar-refractivity contribution in [2.75, 3.05) is 11.1 Å². The van der Waals surface area contributed by atoms with Crippen LogP contribution in [0.3, 0.4) is 0 Å². The molecule has 0 aliphatic rings. The van der Waals surface area contributed by atoms with Gasteiger partial charge in [-0.05, 0) is 56.1 Å². The quantitative estimate of drug-likeness (QED) is 0.544. The Bertz CT molecular complexity index is 624. The second kappa shape index (κ2) is 5.63. The normalized spacial score (nSPS) is 10.2. The maximum absolute atomic E-state index is 12.1. The summed E-state index contributed by atoms with van der Waals surface area (Å²) in [6, 6.07) is 10.1. The number of hydrogen-bond donors (Lipinski definition) is 3. The van der Waals surface area contributed by atoms with E-state index in [0.29, 0.717) is 5.69 Å². The number of phenolic OH excluding ortho intramolecular Hbond substituents is 1. The van der Waals surface area contributed by atoms with Gasteiger partial charge in [0.2, 0.25) is 0 Å². The van der Waals surface area contributed by atoms with Gasteiger partial charge >= 0.3 is 0 Å². The first kappa shape index (κ1) is 13.9. The molecule has 0 bridgehead atoms. The van der Waals surface area contributed by atoms with Crippen molar-refractivity contribution in [2.45, 2.75) is 0 Å². The largest absolute Gasteiger partial charge is 0.505 e. The molecule has 0 aliphatic heterocycles. The summed E-state index contributed by atoms with van der Waals surface area (Å²) in [5, 5.41) is 12.5. The molecule has 0 saturated carbocycles. The summed E-state index contributed by atoms with van der Waals surface area (Å²) < 4.78 is 1.47. The van der Waals surface area contributed by atoms with Crippen molar-refractivity contribution >= 4 is 49.1 Å². The van der Waals surface area contributed by atoms with E-state index in [1.54, 1.807) is 18.2 Å². The Morgan fingerprint density at radius 3 is 2.32 bits per heavy atom. The molecule has 4 N–H and O–H groups in total. The average molecular weight is 386 g/mol. The van der Waals surface area contributed by atoms with Crippen LogP contribution < -0.4 is 11.1 Å². The Kier molecular flexibility index (Phi) is 4.11. The fourth-order valence-corrected chi connectivity index (χ4v) is 2.74. The molecule has 2 aromatic carbocycles. The van der Waals surface area contributed by atoms with E-state index in [-0.39, 0.29) is 17.0 Å². The van der Waals surface area contributed by atoms with Gasteiger partial charge < -0.3 is 16.2 Å². The van der Waals surface area contributed by atoms with E-state index in [1.165, 1.54) is 12.1 Å². The third-order valence-corrected chi connectivity index (χ3v) is 3.83. The number of hydrogen-bond acceptors (Lipinski definition) is 3. The number of phenols is 1. The number of aromatic hydroxyl groups is 1. The molecule has 2 aromatic rings. The molecule has 6 heteroatoms. The number of benzene rings is 2. The molecule has 98 valence electrons. The standard InChI is InChI=1S/C13H10Br2N2O2/c14-8-4-2-5-9(15)11(8)17-13(19)7-3-1-6-10(16)12(7)18/h1-6,18H,16H2,(H,17,19). The van der Waals surface area contributed by atoms with Gasteiger partial charge in [-0.15, -0.1) is 0 Å². The molecule has 0 atom stereocenters. The van der Waals surface area contributed by atoms with Crippen molar-refractivity contribution in [1.82, 2.24) is 0 Å². The van der Waals surface area contributed by atoms with Gasteiger partial charge in [0.15, 0.2) is 5.75 Å². The van der Waals surface area contributed by atoms with E-state index in [0.717, 1.165) is 8.95 Å². The second-order valence-electron chi connectivity index (χ2n) is 3.79. The number of para-hydroxylation sites is 2. The molecule has 19 heavy (non-hydrogen) atoms. The molecule has 0 heterocycles. The molecule has 0 saturated heterocycles. The van der Waals surface area contributed by atoms with Gasteiger partial charge in [0.25, 0.3) is 5.91 Å². The van der Waals surface area contributed by atoms with Crippen molar-refractivity contribution in [3.05, 3.63) is 50.9 Å². The monoisotopic (exact) mass is 384 g/mol. The fraction of sp³-hybridized carbons (Fsp3) is 0. The first-order chi connectivity index (χ1) is 9.00. The lowest BCUT2D eigenvalue weighted by molar-refractivity contribution is 0.102. The Morgan fingerprint density at radius 2 is 1.68 bits per heavy atom. The molecule has 0 unspecified atom stereocenters. The maximum Gasteiger partial charge on any atom is 0.259 e. The molecule has 0 aromatic heterocycles. The average Bonchev–Trinajstić information content (AvgIpc) is 2.37. The third-order valence-electron chi connectivity index (χ3n) is 2.51. The van der Waals surface area contributed by atoms with Crippen LogP contribution in [0.4, 0.5) is 11.4 Å². The highest BCUT2D eigenvalue weighted by atomic mass is 79.9. The number of rotatable bonds is 2. The molecule has 4 nitrogen and oxygen atoms in total. The van der Waals surface area contributed by atoms with Crippen LogP contribution in [-0.4, -0.2) is 11.0 Å². The Hall–Kier alpha value is -1.53. The van der Waals surface area contributed by atoms with E-state index in [4.69, 9.17) is 5.73 Å². The SMILES string of the molecule is Nc1cccc(C(=O)Nc2c(Br)cccc2Br)c1O. The molecule has 0 aliphatic carbocycles. The summed E-state index contributed by atoms with van der Waals surface area (Å²) in [6.45, 7) is 0. The van der Waals surface area contributed by atoms with Crippen LogP contribution in [0.25, 0.3) is 0 Å². The Morgan fingerprint density at radius 1 is 1.11 bits per heavy atom. The lowest BCUT2D eigenvalue weighted by Gasteiger charge is -2.11. The Balaban J connectivity index is 2.34. The molecular formula is C13H10Br2N2O2. The van der Waals surface area contributed by atoms with Gasteiger partial charge in [-0.1, -0.05) is 12.1 Å². The fourth-order valence-electron chi connectivity index (χ4n) is 1.54. The first-order valence-corrected chi connectivity index (χ1v) is 6.92. The number of carbonyl (C=O) groups excluding carboxylic acids is 1. The number of nitrogen functional groups attached to an aromatic ring is 1. The minimum absolute atomic E-state index is 0.127. The highest BCUT2D eigenvalue weighted by molar-refractivity contribution is 9.11. The zero-order valence-electron chi connectivity index (χ0n) is 9.65. The summed E-state index contributed by atoms with van der Waals surface area (Å²) in [6.07, 6.45) is 0. The van der Waals surface area contributed by atoms with Gasteiger partial charge in [0.1, 0.15) is 0 Å². The van der Waals surface area contributed by atoms with E-state index < -0.39 is 5.91 Å². The zero-order valence-corrected chi connectivity index (χ0v) is 12.8. The summed E-state index contributed by atoms with van der Waals surface area (Å²) in [5.74, 6) is -0.652. The van der Waals surface area contributed by atoms with Crippen LogP contribution in [0.1, 0.15) is 10.4 Å². The number of nitrogens with one attached hydrogen (secondary N) is 1. The molecule has 0 fully saturated rings. The van der Waals surface area contributed by atoms with Crippen LogP contribution in [0.15, 0.2) is 45.3 Å². The minimum Gasteiger partial charge on any atom is -0.505 e. The third kappa shape index (κ3) is 2.90. The minimum atomic E-state index is -0.433. The van der Waals surface area contributed by atoms with E-state index in [2.05, 4.69) is 37.2 Å². The summed E-state index contributed by atoms with van der Waals surface area (Å²) in [5.41, 5.74) is 6.45. The van der Waals surface area contributed by atoms with Crippen LogP contribution in [0.2, 0.25) is 0 Å². The topological polar surface area (TPSA) is 75.4 Å². The number of carbonyl (C=O) groups is 1. The number of halogens is 2. The van der Waals surface area contributed by atoms with Gasteiger partial charge in [-0.2, -0.15) is 0 Å². The highest BCUT2D eigenvalue weighted by Gasteiger charge is 2.15. The van der Waals surface area contributed by atoms with Crippen molar-refractivity contribution in [3.63, 3.8) is 0 Å². The summed E-state index contributed by atoms with van der Waals surface area (Å²) >= 11 is 6.70. The predicted octanol–water partition coefficient (Wildman–Crippen LogP) is 3.75. The number of anilines is 2. The van der Waals surface area contributed by atoms with E-state index >= 15 is 0 Å². The second-order valence-corrected chi connectivity index (χ2v) is 5.50. The van der Waals surface area contributed by atoms with Crippen molar-refractivity contribution in [3.8, 4) is 5.75 Å². The van der Waals surface area contributed by atoms with Crippen molar-refractivity contribution in [2.24, 2.45) is 0 Å². The molecule has 0 radical (unpaired) electrons. The summed E-state index contributed by atoms with van der Waals surface area (Å²) in [4.78, 5) is 12.1. The van der Waals surface area contributed by atoms with Crippen LogP contribution in [0.5, 0.6) is 5.75 Å². The molecule has 1 amide bonds. The number of nitrogens with two attached hydrogens (primary N) is 1. The van der Waals surface area contributed by atoms with Gasteiger partial charge in [-0.3, -0.25) is 4.79 Å². The maximum atomic E-state index is 12.1. The predicted molar refractivity (Wildman–Crippen MR) is 82.3 cm³/mol. The Labute approximate surface area is 126 Å². The lowest BCUT2D eigenvalue weighted by Crippen LogP contribution is -2.13. The summed E-state index contributed by atoms with van der Waals surface area (Å²) in [7, 11) is 0. The van der Waals surface area contributed by atoms with Gasteiger partial charge in [-0.25, -0.2) is 0 Å². The van der Waals surface area contributed by atoms with Crippen LogP contribution >= 0.6 is 31.9 Å². The highest BCUT2D eigenvalue weighted by Crippen LogP contribution is 2.32. The molecule has 2 rings (SSSR count). The van der Waals surface area contributed by atoms with Crippen molar-refractivity contribution in [1.29, 1.82) is 0 Å². The molecule has 0 spiro atoms.